The highest BCUT2D eigenvalue weighted by molar-refractivity contribution is 6.36. The van der Waals surface area contributed by atoms with E-state index in [9.17, 15) is 4.79 Å². The van der Waals surface area contributed by atoms with Crippen LogP contribution >= 0.6 is 23.2 Å². The first-order valence-electron chi connectivity index (χ1n) is 8.71. The molecule has 0 saturated carbocycles. The lowest BCUT2D eigenvalue weighted by Gasteiger charge is -2.19. The third-order valence-corrected chi connectivity index (χ3v) is 5.27. The van der Waals surface area contributed by atoms with E-state index >= 15 is 0 Å². The van der Waals surface area contributed by atoms with Crippen molar-refractivity contribution >= 4 is 40.4 Å². The van der Waals surface area contributed by atoms with Crippen molar-refractivity contribution in [3.8, 4) is 17.2 Å². The van der Waals surface area contributed by atoms with Gasteiger partial charge in [-0.1, -0.05) is 29.3 Å². The van der Waals surface area contributed by atoms with Crippen LogP contribution in [0.2, 0.25) is 10.0 Å². The molecule has 0 aliphatic rings. The summed E-state index contributed by atoms with van der Waals surface area (Å²) in [6.07, 6.45) is 0. The zero-order valence-corrected chi connectivity index (χ0v) is 17.1. The van der Waals surface area contributed by atoms with E-state index in [-0.39, 0.29) is 5.56 Å². The Morgan fingerprint density at radius 1 is 1.14 bits per heavy atom. The molecule has 0 unspecified atom stereocenters. The van der Waals surface area contributed by atoms with Gasteiger partial charge in [-0.15, -0.1) is 0 Å². The number of nitrogens with zero attached hydrogens (tertiary/aromatic N) is 4. The van der Waals surface area contributed by atoms with E-state index in [1.165, 1.54) is 10.6 Å². The van der Waals surface area contributed by atoms with E-state index in [4.69, 9.17) is 28.5 Å². The van der Waals surface area contributed by atoms with E-state index in [0.717, 1.165) is 16.8 Å². The molecule has 0 saturated heterocycles. The SMILES string of the molecule is Cc1nn2c(=O)cc(N(C)c3ccc(C#N)cc3)[nH]c2c1-c1ccc(Cl)cc1Cl. The quantitative estimate of drug-likeness (QED) is 0.505. The Bertz CT molecular complexity index is 1330. The summed E-state index contributed by atoms with van der Waals surface area (Å²) < 4.78 is 1.33. The molecule has 4 rings (SSSR count). The summed E-state index contributed by atoms with van der Waals surface area (Å²) in [4.78, 5) is 17.9. The minimum atomic E-state index is -0.270. The normalized spacial score (nSPS) is 10.9. The van der Waals surface area contributed by atoms with Crippen LogP contribution in [0.4, 0.5) is 11.5 Å². The van der Waals surface area contributed by atoms with Crippen LogP contribution in [0.1, 0.15) is 11.3 Å². The molecule has 4 aromatic rings. The molecule has 0 radical (unpaired) electrons. The van der Waals surface area contributed by atoms with Crippen molar-refractivity contribution in [1.82, 2.24) is 14.6 Å². The van der Waals surface area contributed by atoms with Gasteiger partial charge in [-0.25, -0.2) is 0 Å². The van der Waals surface area contributed by atoms with Crippen LogP contribution in [0, 0.1) is 18.3 Å². The zero-order valence-electron chi connectivity index (χ0n) is 15.6. The maximum Gasteiger partial charge on any atom is 0.276 e. The lowest BCUT2D eigenvalue weighted by molar-refractivity contribution is 0.877. The summed E-state index contributed by atoms with van der Waals surface area (Å²) in [5.74, 6) is 0.582. The number of anilines is 2. The number of hydrogen-bond acceptors (Lipinski definition) is 4. The number of rotatable bonds is 3. The maximum atomic E-state index is 12.7. The van der Waals surface area contributed by atoms with Crippen LogP contribution in [0.15, 0.2) is 53.3 Å². The molecule has 0 amide bonds. The Hall–Kier alpha value is -3.27. The third kappa shape index (κ3) is 3.35. The van der Waals surface area contributed by atoms with Crippen LogP contribution in [-0.4, -0.2) is 21.6 Å². The van der Waals surface area contributed by atoms with Crippen molar-refractivity contribution in [1.29, 1.82) is 5.26 Å². The molecule has 2 aromatic carbocycles. The third-order valence-electron chi connectivity index (χ3n) is 4.72. The Kier molecular flexibility index (Phi) is 4.79. The van der Waals surface area contributed by atoms with Gasteiger partial charge in [0, 0.05) is 35.0 Å². The largest absolute Gasteiger partial charge is 0.331 e. The number of nitrogens with one attached hydrogen (secondary N) is 1. The predicted molar refractivity (Wildman–Crippen MR) is 115 cm³/mol. The van der Waals surface area contributed by atoms with Gasteiger partial charge in [-0.2, -0.15) is 14.9 Å². The van der Waals surface area contributed by atoms with Crippen LogP contribution in [-0.2, 0) is 0 Å². The number of H-pyrrole nitrogens is 1. The molecule has 0 atom stereocenters. The fourth-order valence-corrected chi connectivity index (χ4v) is 3.73. The molecule has 2 heterocycles. The van der Waals surface area contributed by atoms with Gasteiger partial charge >= 0.3 is 0 Å². The smallest absolute Gasteiger partial charge is 0.276 e. The summed E-state index contributed by atoms with van der Waals surface area (Å²) in [5.41, 5.74) is 3.80. The highest BCUT2D eigenvalue weighted by atomic mass is 35.5. The highest BCUT2D eigenvalue weighted by Gasteiger charge is 2.18. The molecular weight excluding hydrogens is 409 g/mol. The highest BCUT2D eigenvalue weighted by Crippen LogP contribution is 2.35. The second kappa shape index (κ2) is 7.28. The van der Waals surface area contributed by atoms with Gasteiger partial charge in [0.1, 0.15) is 11.5 Å². The molecule has 0 aliphatic heterocycles. The van der Waals surface area contributed by atoms with E-state index in [2.05, 4.69) is 16.2 Å². The van der Waals surface area contributed by atoms with E-state index in [1.54, 1.807) is 24.3 Å². The van der Waals surface area contributed by atoms with Crippen molar-refractivity contribution in [3.05, 3.63) is 80.2 Å². The molecule has 2 aromatic heterocycles. The topological polar surface area (TPSA) is 77.2 Å². The predicted octanol–water partition coefficient (Wildman–Crippen LogP) is 4.94. The summed E-state index contributed by atoms with van der Waals surface area (Å²) in [5, 5.41) is 14.4. The fraction of sp³-hybridized carbons (Fsp3) is 0.0952. The van der Waals surface area contributed by atoms with Gasteiger partial charge in [-0.05, 0) is 43.3 Å². The van der Waals surface area contributed by atoms with Crippen LogP contribution < -0.4 is 10.5 Å². The van der Waals surface area contributed by atoms with Crippen LogP contribution in [0.5, 0.6) is 0 Å². The van der Waals surface area contributed by atoms with Crippen molar-refractivity contribution < 1.29 is 0 Å². The second-order valence-corrected chi connectivity index (χ2v) is 7.40. The Labute approximate surface area is 176 Å². The van der Waals surface area contributed by atoms with Crippen molar-refractivity contribution in [2.75, 3.05) is 11.9 Å². The number of aromatic amines is 1. The number of halogens is 2. The van der Waals surface area contributed by atoms with E-state index in [0.29, 0.717) is 32.8 Å². The van der Waals surface area contributed by atoms with Crippen molar-refractivity contribution in [3.63, 3.8) is 0 Å². The Morgan fingerprint density at radius 2 is 1.86 bits per heavy atom. The van der Waals surface area contributed by atoms with Gasteiger partial charge in [0.25, 0.3) is 5.56 Å². The monoisotopic (exact) mass is 423 g/mol. The number of aromatic nitrogens is 3. The molecule has 144 valence electrons. The molecule has 1 N–H and O–H groups in total. The first-order chi connectivity index (χ1) is 13.9. The van der Waals surface area contributed by atoms with Gasteiger partial charge in [0.15, 0.2) is 0 Å². The molecule has 6 nitrogen and oxygen atoms in total. The average molecular weight is 424 g/mol. The van der Waals surface area contributed by atoms with E-state index < -0.39 is 0 Å². The summed E-state index contributed by atoms with van der Waals surface area (Å²) in [6.45, 7) is 1.82. The second-order valence-electron chi connectivity index (χ2n) is 6.56. The lowest BCUT2D eigenvalue weighted by Crippen LogP contribution is -2.19. The molecule has 8 heteroatoms. The Balaban J connectivity index is 1.90. The van der Waals surface area contributed by atoms with E-state index in [1.807, 2.05) is 37.1 Å². The van der Waals surface area contributed by atoms with Crippen LogP contribution in [0.3, 0.4) is 0 Å². The first-order valence-corrected chi connectivity index (χ1v) is 9.46. The minimum absolute atomic E-state index is 0.270. The van der Waals surface area contributed by atoms with Crippen molar-refractivity contribution in [2.24, 2.45) is 0 Å². The number of aryl methyl sites for hydroxylation is 1. The lowest BCUT2D eigenvalue weighted by atomic mass is 10.1. The van der Waals surface area contributed by atoms with Gasteiger partial charge in [0.2, 0.25) is 0 Å². The fourth-order valence-electron chi connectivity index (χ4n) is 3.23. The molecule has 0 spiro atoms. The number of benzene rings is 2. The maximum absolute atomic E-state index is 12.7. The van der Waals surface area contributed by atoms with Gasteiger partial charge < -0.3 is 9.88 Å². The molecule has 0 aliphatic carbocycles. The standard InChI is InChI=1S/C21H15Cl2N5O/c1-12-20(16-8-5-14(22)9-17(16)23)21-25-18(10-19(29)28(21)26-12)27(2)15-6-3-13(11-24)4-7-15/h3-10,25H,1-2H3. The molecular formula is C21H15Cl2N5O. The molecule has 29 heavy (non-hydrogen) atoms. The molecule has 0 bridgehead atoms. The van der Waals surface area contributed by atoms with Crippen molar-refractivity contribution in [2.45, 2.75) is 6.92 Å². The van der Waals surface area contributed by atoms with Gasteiger partial charge in [0.05, 0.1) is 22.3 Å². The average Bonchev–Trinajstić information content (AvgIpc) is 3.04. The number of hydrogen-bond donors (Lipinski definition) is 1. The number of nitriles is 1. The first kappa shape index (κ1) is 19.1. The summed E-state index contributed by atoms with van der Waals surface area (Å²) >= 11 is 12.4. The minimum Gasteiger partial charge on any atom is -0.331 e. The molecule has 0 fully saturated rings. The Morgan fingerprint density at radius 3 is 2.52 bits per heavy atom. The van der Waals surface area contributed by atoms with Gasteiger partial charge in [-0.3, -0.25) is 4.79 Å². The number of fused-ring (bicyclic) bond motifs is 1. The van der Waals surface area contributed by atoms with Crippen LogP contribution in [0.25, 0.3) is 16.8 Å². The zero-order chi connectivity index (χ0) is 20.7. The summed E-state index contributed by atoms with van der Waals surface area (Å²) in [6, 6.07) is 15.9. The summed E-state index contributed by atoms with van der Waals surface area (Å²) in [7, 11) is 1.83.